The molecule has 136 valence electrons. The van der Waals surface area contributed by atoms with Gasteiger partial charge in [0.1, 0.15) is 11.3 Å². The number of nitrogens with one attached hydrogen (secondary N) is 2. The molecule has 2 aromatic heterocycles. The Labute approximate surface area is 159 Å². The van der Waals surface area contributed by atoms with Gasteiger partial charge in [-0.15, -0.1) is 10.2 Å². The number of thioether (sulfide) groups is 1. The van der Waals surface area contributed by atoms with Crippen molar-refractivity contribution in [1.29, 1.82) is 0 Å². The highest BCUT2D eigenvalue weighted by Crippen LogP contribution is 2.24. The van der Waals surface area contributed by atoms with E-state index in [-0.39, 0.29) is 11.7 Å². The number of H-pyrrole nitrogens is 1. The van der Waals surface area contributed by atoms with E-state index < -0.39 is 0 Å². The first-order valence-corrected chi connectivity index (χ1v) is 9.31. The van der Waals surface area contributed by atoms with Crippen molar-refractivity contribution in [2.75, 3.05) is 18.2 Å². The third-order valence-electron chi connectivity index (χ3n) is 4.14. The Balaban J connectivity index is 1.45. The van der Waals surface area contributed by atoms with E-state index in [0.29, 0.717) is 10.8 Å². The number of hydrogen-bond donors (Lipinski definition) is 2. The number of aromatic amines is 1. The van der Waals surface area contributed by atoms with Crippen molar-refractivity contribution in [3.8, 4) is 5.75 Å². The number of carbonyl (C=O) groups excluding carboxylic acids is 1. The van der Waals surface area contributed by atoms with Gasteiger partial charge in [0.2, 0.25) is 11.1 Å². The molecule has 0 saturated heterocycles. The number of anilines is 1. The molecule has 0 fully saturated rings. The zero-order valence-corrected chi connectivity index (χ0v) is 15.6. The Morgan fingerprint density at radius 3 is 2.89 bits per heavy atom. The fourth-order valence-electron chi connectivity index (χ4n) is 2.79. The van der Waals surface area contributed by atoms with Gasteiger partial charge >= 0.3 is 0 Å². The topological polar surface area (TPSA) is 92.8 Å². The summed E-state index contributed by atoms with van der Waals surface area (Å²) >= 11 is 1.24. The van der Waals surface area contributed by atoms with Gasteiger partial charge in [-0.2, -0.15) is 0 Å². The quantitative estimate of drug-likeness (QED) is 0.515. The standard InChI is InChI=1S/C19H17N5O2S/c1-11-9-12(26-2)7-8-14(11)20-16(25)10-27-19-22-18-17(23-24-19)13-5-3-4-6-15(13)21-18/h3-9H,10H2,1-2H3,(H,20,25)(H,21,22,24). The molecule has 0 spiro atoms. The number of amides is 1. The molecule has 0 saturated carbocycles. The number of aromatic nitrogens is 4. The van der Waals surface area contributed by atoms with Crippen LogP contribution in [0.2, 0.25) is 0 Å². The van der Waals surface area contributed by atoms with E-state index in [1.165, 1.54) is 11.8 Å². The maximum atomic E-state index is 12.2. The minimum atomic E-state index is -0.131. The van der Waals surface area contributed by atoms with Gasteiger partial charge in [0.05, 0.1) is 12.9 Å². The molecule has 1 amide bonds. The van der Waals surface area contributed by atoms with Gasteiger partial charge in [-0.1, -0.05) is 30.0 Å². The summed E-state index contributed by atoms with van der Waals surface area (Å²) in [5.41, 5.74) is 4.05. The van der Waals surface area contributed by atoms with Crippen molar-refractivity contribution in [3.05, 3.63) is 48.0 Å². The molecular weight excluding hydrogens is 362 g/mol. The summed E-state index contributed by atoms with van der Waals surface area (Å²) in [6.45, 7) is 1.92. The third-order valence-corrected chi connectivity index (χ3v) is 4.98. The van der Waals surface area contributed by atoms with E-state index in [2.05, 4.69) is 25.5 Å². The summed E-state index contributed by atoms with van der Waals surface area (Å²) < 4.78 is 5.17. The number of rotatable bonds is 5. The predicted octanol–water partition coefficient (Wildman–Crippen LogP) is 3.55. The first-order chi connectivity index (χ1) is 13.1. The summed E-state index contributed by atoms with van der Waals surface area (Å²) in [6.07, 6.45) is 0. The van der Waals surface area contributed by atoms with Crippen LogP contribution in [0, 0.1) is 6.92 Å². The van der Waals surface area contributed by atoms with Crippen molar-refractivity contribution in [1.82, 2.24) is 20.2 Å². The third kappa shape index (κ3) is 3.56. The second-order valence-corrected chi connectivity index (χ2v) is 6.92. The van der Waals surface area contributed by atoms with Crippen LogP contribution in [0.25, 0.3) is 22.1 Å². The molecule has 2 N–H and O–H groups in total. The van der Waals surface area contributed by atoms with E-state index in [9.17, 15) is 4.79 Å². The van der Waals surface area contributed by atoms with Crippen molar-refractivity contribution in [2.45, 2.75) is 12.1 Å². The Hall–Kier alpha value is -3.13. The fourth-order valence-corrected chi connectivity index (χ4v) is 3.37. The summed E-state index contributed by atoms with van der Waals surface area (Å²) in [6, 6.07) is 13.4. The number of carbonyl (C=O) groups is 1. The molecule has 7 nitrogen and oxygen atoms in total. The molecule has 4 aromatic rings. The molecule has 2 aromatic carbocycles. The summed E-state index contributed by atoms with van der Waals surface area (Å²) in [5.74, 6) is 0.818. The molecule has 0 atom stereocenters. The SMILES string of the molecule is COc1ccc(NC(=O)CSc2nnc3c(n2)[nH]c2ccccc23)c(C)c1. The summed E-state index contributed by atoms with van der Waals surface area (Å²) in [4.78, 5) is 19.9. The molecule has 27 heavy (non-hydrogen) atoms. The van der Waals surface area contributed by atoms with Crippen molar-refractivity contribution in [3.63, 3.8) is 0 Å². The van der Waals surface area contributed by atoms with E-state index in [0.717, 1.165) is 33.4 Å². The van der Waals surface area contributed by atoms with Crippen molar-refractivity contribution in [2.24, 2.45) is 0 Å². The first-order valence-electron chi connectivity index (χ1n) is 8.32. The molecular formula is C19H17N5O2S. The number of para-hydroxylation sites is 1. The van der Waals surface area contributed by atoms with Crippen molar-refractivity contribution < 1.29 is 9.53 Å². The van der Waals surface area contributed by atoms with Gasteiger partial charge in [0, 0.05) is 16.6 Å². The van der Waals surface area contributed by atoms with Crippen LogP contribution in [-0.4, -0.2) is 38.9 Å². The first kappa shape index (κ1) is 17.3. The van der Waals surface area contributed by atoms with Crippen LogP contribution in [0.5, 0.6) is 5.75 Å². The molecule has 4 rings (SSSR count). The van der Waals surface area contributed by atoms with E-state index >= 15 is 0 Å². The average Bonchev–Trinajstić information content (AvgIpc) is 3.05. The minimum absolute atomic E-state index is 0.131. The minimum Gasteiger partial charge on any atom is -0.497 e. The lowest BCUT2D eigenvalue weighted by Crippen LogP contribution is -2.15. The largest absolute Gasteiger partial charge is 0.497 e. The average molecular weight is 379 g/mol. The van der Waals surface area contributed by atoms with Gasteiger partial charge in [-0.05, 0) is 36.8 Å². The van der Waals surface area contributed by atoms with Crippen LogP contribution in [0.3, 0.4) is 0 Å². The second-order valence-electron chi connectivity index (χ2n) is 5.98. The molecule has 0 bridgehead atoms. The van der Waals surface area contributed by atoms with Crippen LogP contribution in [0.4, 0.5) is 5.69 Å². The number of benzene rings is 2. The lowest BCUT2D eigenvalue weighted by atomic mass is 10.2. The smallest absolute Gasteiger partial charge is 0.234 e. The number of nitrogens with zero attached hydrogens (tertiary/aromatic N) is 3. The zero-order chi connectivity index (χ0) is 18.8. The Morgan fingerprint density at radius 2 is 2.07 bits per heavy atom. The lowest BCUT2D eigenvalue weighted by Gasteiger charge is -2.09. The fraction of sp³-hybridized carbons (Fsp3) is 0.158. The number of fused-ring (bicyclic) bond motifs is 3. The van der Waals surface area contributed by atoms with Gasteiger partial charge in [0.25, 0.3) is 0 Å². The Bertz CT molecular complexity index is 1140. The number of ether oxygens (including phenoxy) is 1. The monoisotopic (exact) mass is 379 g/mol. The van der Waals surface area contributed by atoms with E-state index in [1.54, 1.807) is 7.11 Å². The van der Waals surface area contributed by atoms with Gasteiger partial charge in [-0.3, -0.25) is 4.79 Å². The molecule has 0 aliphatic heterocycles. The van der Waals surface area contributed by atoms with Crippen LogP contribution in [0.15, 0.2) is 47.6 Å². The van der Waals surface area contributed by atoms with Crippen LogP contribution in [0.1, 0.15) is 5.56 Å². The highest BCUT2D eigenvalue weighted by atomic mass is 32.2. The van der Waals surface area contributed by atoms with Crippen LogP contribution in [-0.2, 0) is 4.79 Å². The number of methoxy groups -OCH3 is 1. The zero-order valence-electron chi connectivity index (χ0n) is 14.8. The maximum Gasteiger partial charge on any atom is 0.234 e. The van der Waals surface area contributed by atoms with Crippen LogP contribution < -0.4 is 10.1 Å². The summed E-state index contributed by atoms with van der Waals surface area (Å²) in [7, 11) is 1.61. The molecule has 0 aliphatic rings. The molecule has 0 unspecified atom stereocenters. The highest BCUT2D eigenvalue weighted by molar-refractivity contribution is 7.99. The molecule has 8 heteroatoms. The second kappa shape index (κ2) is 7.24. The molecule has 2 heterocycles. The maximum absolute atomic E-state index is 12.2. The number of aryl methyl sites for hydroxylation is 1. The van der Waals surface area contributed by atoms with Gasteiger partial charge < -0.3 is 15.0 Å². The molecule has 0 radical (unpaired) electrons. The normalized spacial score (nSPS) is 11.0. The lowest BCUT2D eigenvalue weighted by molar-refractivity contribution is -0.113. The predicted molar refractivity (Wildman–Crippen MR) is 106 cm³/mol. The van der Waals surface area contributed by atoms with Gasteiger partial charge in [-0.25, -0.2) is 4.98 Å². The molecule has 0 aliphatic carbocycles. The number of hydrogen-bond acceptors (Lipinski definition) is 6. The van der Waals surface area contributed by atoms with Crippen molar-refractivity contribution >= 4 is 45.4 Å². The highest BCUT2D eigenvalue weighted by Gasteiger charge is 2.11. The van der Waals surface area contributed by atoms with E-state index in [4.69, 9.17) is 4.74 Å². The summed E-state index contributed by atoms with van der Waals surface area (Å²) in [5, 5.41) is 12.7. The van der Waals surface area contributed by atoms with E-state index in [1.807, 2.05) is 49.4 Å². The Kier molecular flexibility index (Phi) is 4.64. The Morgan fingerprint density at radius 1 is 1.22 bits per heavy atom. The van der Waals surface area contributed by atoms with Crippen LogP contribution >= 0.6 is 11.8 Å². The van der Waals surface area contributed by atoms with Gasteiger partial charge in [0.15, 0.2) is 5.65 Å².